The van der Waals surface area contributed by atoms with Crippen LogP contribution in [0, 0.1) is 0 Å². The molecule has 0 radical (unpaired) electrons. The van der Waals surface area contributed by atoms with Crippen molar-refractivity contribution in [3.8, 4) is 68.3 Å². The third kappa shape index (κ3) is 4.65. The van der Waals surface area contributed by atoms with Gasteiger partial charge in [0.15, 0.2) is 25.5 Å². The van der Waals surface area contributed by atoms with E-state index in [1.807, 2.05) is 60.7 Å². The average molecular weight is 672 g/mol. The zero-order valence-electron chi connectivity index (χ0n) is 27.4. The highest BCUT2D eigenvalue weighted by atomic mass is 28.3. The van der Waals surface area contributed by atoms with Gasteiger partial charge in [-0.15, -0.1) is 0 Å². The fourth-order valence-corrected chi connectivity index (χ4v) is 12.8. The molecule has 0 aliphatic carbocycles. The van der Waals surface area contributed by atoms with Crippen molar-refractivity contribution in [2.24, 2.45) is 0 Å². The second-order valence-corrected chi connectivity index (χ2v) is 16.4. The normalized spacial score (nSPS) is 15.1. The van der Waals surface area contributed by atoms with Crippen LogP contribution in [-0.4, -0.2) is 23.0 Å². The van der Waals surface area contributed by atoms with Crippen molar-refractivity contribution >= 4 is 28.8 Å². The second-order valence-electron chi connectivity index (χ2n) is 12.7. The maximum Gasteiger partial charge on any atom is 0.197 e. The van der Waals surface area contributed by atoms with Crippen LogP contribution in [0.3, 0.4) is 0 Å². The van der Waals surface area contributed by atoms with Gasteiger partial charge in [0.1, 0.15) is 23.0 Å². The highest BCUT2D eigenvalue weighted by Gasteiger charge is 2.54. The first-order chi connectivity index (χ1) is 25.3. The van der Waals surface area contributed by atoms with Crippen molar-refractivity contribution in [1.29, 1.82) is 0 Å². The Kier molecular flexibility index (Phi) is 6.75. The molecule has 1 atom stereocenters. The summed E-state index contributed by atoms with van der Waals surface area (Å²) in [6.07, 6.45) is 0. The van der Waals surface area contributed by atoms with Gasteiger partial charge in [0.2, 0.25) is 0 Å². The third-order valence-corrected chi connectivity index (χ3v) is 14.7. The fraction of sp³-hybridized carbons (Fsp3) is 0. The van der Waals surface area contributed by atoms with Gasteiger partial charge < -0.3 is 9.47 Å². The Morgan fingerprint density at radius 3 is 1.49 bits per heavy atom. The maximum absolute atomic E-state index is 6.98. The van der Waals surface area contributed by atoms with E-state index in [9.17, 15) is 0 Å². The SMILES string of the molecule is c1ccc(-c2nc(-c3ccccc3)nc(-c3cccc(-c4ccc5c6c4Oc4ccccc4[Si]6(c4ccccc4)c4ccccc4O5)c3)n2)cc1. The van der Waals surface area contributed by atoms with E-state index >= 15 is 0 Å². The summed E-state index contributed by atoms with van der Waals surface area (Å²) in [6, 6.07) is 60.7. The van der Waals surface area contributed by atoms with Crippen LogP contribution in [-0.2, 0) is 0 Å². The van der Waals surface area contributed by atoms with E-state index < -0.39 is 8.07 Å². The van der Waals surface area contributed by atoms with Crippen LogP contribution in [0.5, 0.6) is 23.0 Å². The van der Waals surface area contributed by atoms with Gasteiger partial charge in [-0.3, -0.25) is 0 Å². The van der Waals surface area contributed by atoms with Gasteiger partial charge in [-0.05, 0) is 51.5 Å². The summed E-state index contributed by atoms with van der Waals surface area (Å²) < 4.78 is 13.7. The summed E-state index contributed by atoms with van der Waals surface area (Å²) in [5.41, 5.74) is 4.74. The molecule has 51 heavy (non-hydrogen) atoms. The molecule has 5 nitrogen and oxygen atoms in total. The number of rotatable bonds is 5. The molecule has 240 valence electrons. The largest absolute Gasteiger partial charge is 0.457 e. The number of nitrogens with zero attached hydrogens (tertiary/aromatic N) is 3. The molecular weight excluding hydrogens is 643 g/mol. The molecule has 7 aromatic carbocycles. The number of benzene rings is 7. The molecule has 0 bridgehead atoms. The van der Waals surface area contributed by atoms with E-state index in [0.29, 0.717) is 17.5 Å². The van der Waals surface area contributed by atoms with Crippen LogP contribution in [0.4, 0.5) is 0 Å². The van der Waals surface area contributed by atoms with Crippen LogP contribution in [0.1, 0.15) is 0 Å². The number of ether oxygens (including phenoxy) is 2. The molecular formula is C45H29N3O2Si. The molecule has 0 saturated heterocycles. The Labute approximate surface area is 296 Å². The first-order valence-electron chi connectivity index (χ1n) is 17.0. The Balaban J connectivity index is 1.19. The molecule has 0 amide bonds. The number of hydrogen-bond donors (Lipinski definition) is 0. The third-order valence-electron chi connectivity index (χ3n) is 9.85. The zero-order valence-corrected chi connectivity index (χ0v) is 28.4. The zero-order chi connectivity index (χ0) is 33.8. The van der Waals surface area contributed by atoms with Crippen LogP contribution in [0.15, 0.2) is 176 Å². The fourth-order valence-electron chi connectivity index (χ4n) is 7.62. The standard InChI is InChI=1S/C45H29N3O2Si/c1-4-15-30(16-5-1)43-46-44(31-17-6-2-7-18-31)48-45(47-43)33-20-14-19-32(29-33)35-27-28-38-42-41(35)50-37-24-11-13-26-40(37)51(42,34-21-8-3-9-22-34)39-25-12-10-23-36(39)49-38/h1-29H. The summed E-state index contributed by atoms with van der Waals surface area (Å²) in [4.78, 5) is 14.9. The molecule has 1 aromatic heterocycles. The van der Waals surface area contributed by atoms with E-state index in [0.717, 1.165) is 56.0 Å². The second kappa shape index (κ2) is 11.8. The highest BCUT2D eigenvalue weighted by Crippen LogP contribution is 2.44. The summed E-state index contributed by atoms with van der Waals surface area (Å²) in [5.74, 6) is 5.31. The van der Waals surface area contributed by atoms with Crippen molar-refractivity contribution < 1.29 is 9.47 Å². The van der Waals surface area contributed by atoms with Crippen molar-refractivity contribution in [3.63, 3.8) is 0 Å². The van der Waals surface area contributed by atoms with Gasteiger partial charge in [-0.25, -0.2) is 15.0 Å². The lowest BCUT2D eigenvalue weighted by molar-refractivity contribution is 0.465. The van der Waals surface area contributed by atoms with Crippen molar-refractivity contribution in [2.45, 2.75) is 0 Å². The molecule has 1 unspecified atom stereocenters. The predicted molar refractivity (Wildman–Crippen MR) is 205 cm³/mol. The topological polar surface area (TPSA) is 57.1 Å². The van der Waals surface area contributed by atoms with Crippen LogP contribution < -0.4 is 30.2 Å². The lowest BCUT2D eigenvalue weighted by atomic mass is 10.0. The smallest absolute Gasteiger partial charge is 0.197 e. The van der Waals surface area contributed by atoms with E-state index in [1.54, 1.807) is 0 Å². The van der Waals surface area contributed by atoms with Crippen LogP contribution >= 0.6 is 0 Å². The number of hydrogen-bond acceptors (Lipinski definition) is 5. The molecule has 10 rings (SSSR count). The van der Waals surface area contributed by atoms with Gasteiger partial charge in [0.25, 0.3) is 0 Å². The number of fused-ring (bicyclic) bond motifs is 4. The average Bonchev–Trinajstić information content (AvgIpc) is 3.21. The molecule has 0 spiro atoms. The molecule has 6 heteroatoms. The van der Waals surface area contributed by atoms with Crippen molar-refractivity contribution in [1.82, 2.24) is 15.0 Å². The van der Waals surface area contributed by atoms with Gasteiger partial charge in [-0.2, -0.15) is 0 Å². The number of para-hydroxylation sites is 2. The van der Waals surface area contributed by atoms with Crippen molar-refractivity contribution in [3.05, 3.63) is 176 Å². The molecule has 0 saturated carbocycles. The minimum absolute atomic E-state index is 0.604. The molecule has 3 heterocycles. The predicted octanol–water partition coefficient (Wildman–Crippen LogP) is 8.13. The Bertz CT molecular complexity index is 2530. The summed E-state index contributed by atoms with van der Waals surface area (Å²) in [6.45, 7) is 0. The first-order valence-corrected chi connectivity index (χ1v) is 19.0. The minimum Gasteiger partial charge on any atom is -0.457 e. The molecule has 8 aromatic rings. The van der Waals surface area contributed by atoms with Gasteiger partial charge >= 0.3 is 0 Å². The molecule has 2 aliphatic rings. The number of aromatic nitrogens is 3. The summed E-state index contributed by atoms with van der Waals surface area (Å²) in [5, 5.41) is 4.86. The maximum atomic E-state index is 6.98. The Morgan fingerprint density at radius 2 is 0.863 bits per heavy atom. The summed E-state index contributed by atoms with van der Waals surface area (Å²) >= 11 is 0. The summed E-state index contributed by atoms with van der Waals surface area (Å²) in [7, 11) is -2.87. The quantitative estimate of drug-likeness (QED) is 0.173. The van der Waals surface area contributed by atoms with Crippen LogP contribution in [0.2, 0.25) is 0 Å². The first kappa shape index (κ1) is 29.3. The molecule has 2 aliphatic heterocycles. The van der Waals surface area contributed by atoms with Gasteiger partial charge in [-0.1, -0.05) is 146 Å². The van der Waals surface area contributed by atoms with E-state index in [-0.39, 0.29) is 0 Å². The lowest BCUT2D eigenvalue weighted by Crippen LogP contribution is -2.77. The highest BCUT2D eigenvalue weighted by molar-refractivity contribution is 7.21. The molecule has 0 fully saturated rings. The Hall–Kier alpha value is -6.63. The Morgan fingerprint density at radius 1 is 0.373 bits per heavy atom. The van der Waals surface area contributed by atoms with E-state index in [4.69, 9.17) is 24.4 Å². The van der Waals surface area contributed by atoms with Gasteiger partial charge in [0, 0.05) is 27.4 Å². The van der Waals surface area contributed by atoms with Crippen LogP contribution in [0.25, 0.3) is 45.3 Å². The van der Waals surface area contributed by atoms with Gasteiger partial charge in [0.05, 0.1) is 0 Å². The van der Waals surface area contributed by atoms with Crippen molar-refractivity contribution in [2.75, 3.05) is 0 Å². The van der Waals surface area contributed by atoms with E-state index in [1.165, 1.54) is 15.6 Å². The monoisotopic (exact) mass is 671 g/mol. The van der Waals surface area contributed by atoms with E-state index in [2.05, 4.69) is 115 Å². The molecule has 0 N–H and O–H groups in total. The minimum atomic E-state index is -2.87. The lowest BCUT2D eigenvalue weighted by Gasteiger charge is -2.44.